The lowest BCUT2D eigenvalue weighted by atomic mass is 10.0. The highest BCUT2D eigenvalue weighted by molar-refractivity contribution is 7.99. The normalized spacial score (nSPS) is 15.3. The number of nitrogens with zero attached hydrogens (tertiary/aromatic N) is 4. The first-order valence-electron chi connectivity index (χ1n) is 11.3. The minimum atomic E-state index is -0.300. The number of carbonyl (C=O) groups excluding carboxylic acids is 1. The fourth-order valence-corrected chi connectivity index (χ4v) is 4.47. The number of aromatic nitrogens is 2. The molecule has 1 aliphatic rings. The molecule has 178 valence electrons. The van der Waals surface area contributed by atoms with Gasteiger partial charge in [0.2, 0.25) is 0 Å². The van der Waals surface area contributed by atoms with E-state index in [2.05, 4.69) is 15.3 Å². The maximum atomic E-state index is 13.2. The number of rotatable bonds is 8. The van der Waals surface area contributed by atoms with Crippen molar-refractivity contribution in [2.24, 2.45) is 5.10 Å². The predicted octanol–water partition coefficient (Wildman–Crippen LogP) is 5.51. The maximum Gasteiger partial charge on any atom is 0.277 e. The number of thioether (sulfide) groups is 1. The standard InChI is InChI=1S/C26H24N4O4S/c1-3-32-22-8-5-4-7-19(22)25-27-28-26(34-25)35-16-24(31)30-21(23-9-6-14-33-23)15-20(29-30)18-12-10-17(2)11-13-18/h4-14,21H,3,15-16H2,1-2H3. The smallest absolute Gasteiger partial charge is 0.277 e. The molecule has 0 spiro atoms. The number of benzene rings is 2. The van der Waals surface area contributed by atoms with Gasteiger partial charge in [-0.05, 0) is 43.7 Å². The number of amides is 1. The maximum absolute atomic E-state index is 13.2. The highest BCUT2D eigenvalue weighted by Gasteiger charge is 2.35. The average molecular weight is 489 g/mol. The number of para-hydroxylation sites is 1. The van der Waals surface area contributed by atoms with Crippen LogP contribution in [0.25, 0.3) is 11.5 Å². The van der Waals surface area contributed by atoms with Crippen molar-refractivity contribution in [1.29, 1.82) is 0 Å². The summed E-state index contributed by atoms with van der Waals surface area (Å²) in [5.41, 5.74) is 3.72. The van der Waals surface area contributed by atoms with Gasteiger partial charge in [-0.15, -0.1) is 10.2 Å². The van der Waals surface area contributed by atoms with Crippen molar-refractivity contribution in [1.82, 2.24) is 15.2 Å². The van der Waals surface area contributed by atoms with Gasteiger partial charge in [0, 0.05) is 6.42 Å². The molecule has 0 fully saturated rings. The molecule has 0 bridgehead atoms. The zero-order valence-electron chi connectivity index (χ0n) is 19.4. The van der Waals surface area contributed by atoms with Crippen molar-refractivity contribution >= 4 is 23.4 Å². The molecular weight excluding hydrogens is 464 g/mol. The fraction of sp³-hybridized carbons (Fsp3) is 0.231. The molecule has 8 nitrogen and oxygen atoms in total. The Hall–Kier alpha value is -3.85. The van der Waals surface area contributed by atoms with E-state index in [0.29, 0.717) is 41.2 Å². The zero-order chi connectivity index (χ0) is 24.2. The molecule has 0 aliphatic carbocycles. The molecule has 1 atom stereocenters. The lowest BCUT2D eigenvalue weighted by Gasteiger charge is -2.19. The molecule has 1 unspecified atom stereocenters. The Morgan fingerprint density at radius 3 is 2.71 bits per heavy atom. The third-order valence-corrected chi connectivity index (χ3v) is 6.37. The van der Waals surface area contributed by atoms with Crippen molar-refractivity contribution in [3.8, 4) is 17.2 Å². The Bertz CT molecular complexity index is 1330. The monoisotopic (exact) mass is 488 g/mol. The van der Waals surface area contributed by atoms with Gasteiger partial charge in [-0.25, -0.2) is 5.01 Å². The van der Waals surface area contributed by atoms with E-state index >= 15 is 0 Å². The first kappa shape index (κ1) is 22.9. The van der Waals surface area contributed by atoms with Crippen molar-refractivity contribution in [2.75, 3.05) is 12.4 Å². The van der Waals surface area contributed by atoms with E-state index < -0.39 is 0 Å². The van der Waals surface area contributed by atoms with Crippen LogP contribution in [-0.2, 0) is 4.79 Å². The second-order valence-corrected chi connectivity index (χ2v) is 8.90. The van der Waals surface area contributed by atoms with Crippen LogP contribution in [0.15, 0.2) is 86.1 Å². The van der Waals surface area contributed by atoms with E-state index in [1.54, 1.807) is 6.26 Å². The Kier molecular flexibility index (Phi) is 6.67. The van der Waals surface area contributed by atoms with Crippen molar-refractivity contribution in [3.05, 3.63) is 83.8 Å². The molecule has 0 saturated heterocycles. The minimum absolute atomic E-state index is 0.0939. The minimum Gasteiger partial charge on any atom is -0.493 e. The second kappa shape index (κ2) is 10.2. The van der Waals surface area contributed by atoms with Crippen LogP contribution in [-0.4, -0.2) is 39.2 Å². The van der Waals surface area contributed by atoms with Gasteiger partial charge in [-0.1, -0.05) is 53.7 Å². The summed E-state index contributed by atoms with van der Waals surface area (Å²) in [5, 5.41) is 14.7. The van der Waals surface area contributed by atoms with E-state index in [1.807, 2.05) is 74.5 Å². The lowest BCUT2D eigenvalue weighted by Crippen LogP contribution is -2.28. The van der Waals surface area contributed by atoms with E-state index in [-0.39, 0.29) is 17.7 Å². The van der Waals surface area contributed by atoms with Gasteiger partial charge in [0.15, 0.2) is 0 Å². The van der Waals surface area contributed by atoms with Crippen LogP contribution in [0.4, 0.5) is 0 Å². The molecule has 1 aliphatic heterocycles. The molecule has 4 aromatic rings. The number of hydrazone groups is 1. The summed E-state index contributed by atoms with van der Waals surface area (Å²) in [6.45, 7) is 4.48. The van der Waals surface area contributed by atoms with Crippen LogP contribution in [0.2, 0.25) is 0 Å². The van der Waals surface area contributed by atoms with Crippen LogP contribution in [0.5, 0.6) is 5.75 Å². The highest BCUT2D eigenvalue weighted by Crippen LogP contribution is 2.35. The molecule has 5 rings (SSSR count). The number of ether oxygens (including phenoxy) is 1. The van der Waals surface area contributed by atoms with E-state index in [4.69, 9.17) is 13.6 Å². The van der Waals surface area contributed by atoms with Crippen LogP contribution in [0.3, 0.4) is 0 Å². The van der Waals surface area contributed by atoms with Gasteiger partial charge in [0.05, 0.1) is 29.9 Å². The molecule has 9 heteroatoms. The van der Waals surface area contributed by atoms with E-state index in [9.17, 15) is 4.79 Å². The first-order chi connectivity index (χ1) is 17.1. The van der Waals surface area contributed by atoms with Crippen molar-refractivity contribution < 1.29 is 18.4 Å². The summed E-state index contributed by atoms with van der Waals surface area (Å²) in [6, 6.07) is 19.0. The quantitative estimate of drug-likeness (QED) is 0.302. The largest absolute Gasteiger partial charge is 0.493 e. The number of carbonyl (C=O) groups is 1. The summed E-state index contributed by atoms with van der Waals surface area (Å²) in [7, 11) is 0. The average Bonchev–Trinajstić information content (AvgIpc) is 3.64. The van der Waals surface area contributed by atoms with Crippen LogP contribution in [0.1, 0.15) is 36.3 Å². The third-order valence-electron chi connectivity index (χ3n) is 5.57. The SMILES string of the molecule is CCOc1ccccc1-c1nnc(SCC(=O)N2N=C(c3ccc(C)cc3)CC2c2ccco2)o1. The number of aryl methyl sites for hydroxylation is 1. The molecule has 35 heavy (non-hydrogen) atoms. The summed E-state index contributed by atoms with van der Waals surface area (Å²) in [4.78, 5) is 13.2. The van der Waals surface area contributed by atoms with Gasteiger partial charge in [-0.2, -0.15) is 5.10 Å². The first-order valence-corrected chi connectivity index (χ1v) is 12.3. The molecule has 1 amide bonds. The van der Waals surface area contributed by atoms with Crippen LogP contribution >= 0.6 is 11.8 Å². The van der Waals surface area contributed by atoms with Gasteiger partial charge in [0.1, 0.15) is 17.6 Å². The van der Waals surface area contributed by atoms with Gasteiger partial charge in [-0.3, -0.25) is 4.79 Å². The summed E-state index contributed by atoms with van der Waals surface area (Å²) in [6.07, 6.45) is 2.18. The number of hydrogen-bond donors (Lipinski definition) is 0. The van der Waals surface area contributed by atoms with Gasteiger partial charge < -0.3 is 13.6 Å². The number of hydrogen-bond acceptors (Lipinski definition) is 8. The molecule has 2 aromatic carbocycles. The Labute approximate surface area is 207 Å². The third kappa shape index (κ3) is 5.00. The van der Waals surface area contributed by atoms with Gasteiger partial charge in [0.25, 0.3) is 17.0 Å². The summed E-state index contributed by atoms with van der Waals surface area (Å²) >= 11 is 1.18. The Balaban J connectivity index is 1.31. The van der Waals surface area contributed by atoms with Crippen LogP contribution < -0.4 is 4.74 Å². The van der Waals surface area contributed by atoms with Crippen molar-refractivity contribution in [2.45, 2.75) is 31.5 Å². The molecule has 2 aromatic heterocycles. The highest BCUT2D eigenvalue weighted by atomic mass is 32.2. The summed E-state index contributed by atoms with van der Waals surface area (Å²) in [5.74, 6) is 1.63. The molecule has 0 saturated carbocycles. The Morgan fingerprint density at radius 2 is 1.94 bits per heavy atom. The summed E-state index contributed by atoms with van der Waals surface area (Å²) < 4.78 is 17.1. The Morgan fingerprint density at radius 1 is 1.11 bits per heavy atom. The van der Waals surface area contributed by atoms with E-state index in [1.165, 1.54) is 22.3 Å². The second-order valence-electron chi connectivity index (χ2n) is 7.98. The lowest BCUT2D eigenvalue weighted by molar-refractivity contribution is -0.130. The molecule has 0 radical (unpaired) electrons. The van der Waals surface area contributed by atoms with E-state index in [0.717, 1.165) is 11.3 Å². The topological polar surface area (TPSA) is 94.0 Å². The van der Waals surface area contributed by atoms with Crippen LogP contribution in [0, 0.1) is 6.92 Å². The molecule has 0 N–H and O–H groups in total. The fourth-order valence-electron chi connectivity index (χ4n) is 3.85. The predicted molar refractivity (Wildman–Crippen MR) is 132 cm³/mol. The zero-order valence-corrected chi connectivity index (χ0v) is 20.2. The van der Waals surface area contributed by atoms with Crippen molar-refractivity contribution in [3.63, 3.8) is 0 Å². The van der Waals surface area contributed by atoms with Gasteiger partial charge >= 0.3 is 0 Å². The molecule has 3 heterocycles. The number of furan rings is 1. The molecular formula is C26H24N4O4S.